The molecule has 18 heavy (non-hydrogen) atoms. The van der Waals surface area contributed by atoms with Crippen molar-refractivity contribution in [3.8, 4) is 0 Å². The zero-order valence-electron chi connectivity index (χ0n) is 10.1. The number of aliphatic hydroxyl groups excluding tert-OH is 1. The average Bonchev–Trinajstić information content (AvgIpc) is 2.40. The first-order chi connectivity index (χ1) is 8.77. The van der Waals surface area contributed by atoms with Crippen molar-refractivity contribution in [2.75, 3.05) is 0 Å². The highest BCUT2D eigenvalue weighted by molar-refractivity contribution is 9.10. The van der Waals surface area contributed by atoms with Crippen LogP contribution in [0.1, 0.15) is 30.1 Å². The van der Waals surface area contributed by atoms with Crippen LogP contribution in [0.4, 0.5) is 0 Å². The number of halogens is 1. The largest absolute Gasteiger partial charge is 0.388 e. The van der Waals surface area contributed by atoms with Gasteiger partial charge < -0.3 is 5.11 Å². The Morgan fingerprint density at radius 2 is 1.94 bits per heavy atom. The van der Waals surface area contributed by atoms with Crippen LogP contribution >= 0.6 is 15.9 Å². The highest BCUT2D eigenvalue weighted by Crippen LogP contribution is 2.25. The quantitative estimate of drug-likeness (QED) is 0.909. The van der Waals surface area contributed by atoms with Gasteiger partial charge in [0.25, 0.3) is 0 Å². The Kier molecular flexibility index (Phi) is 4.90. The van der Waals surface area contributed by atoms with E-state index < -0.39 is 6.10 Å². The Bertz CT molecular complexity index is 487. The van der Waals surface area contributed by atoms with E-state index in [0.29, 0.717) is 0 Å². The van der Waals surface area contributed by atoms with Crippen LogP contribution in [-0.2, 0) is 6.42 Å². The SMILES string of the molecule is OC(CCCc1ccccc1)c1cnccc1Br. The fraction of sp³-hybridized carbons (Fsp3) is 0.267. The Labute approximate surface area is 116 Å². The van der Waals surface area contributed by atoms with Crippen molar-refractivity contribution in [2.24, 2.45) is 0 Å². The maximum absolute atomic E-state index is 10.1. The number of benzene rings is 1. The fourth-order valence-electron chi connectivity index (χ4n) is 1.93. The third-order valence-electron chi connectivity index (χ3n) is 2.94. The van der Waals surface area contributed by atoms with Gasteiger partial charge in [0, 0.05) is 22.4 Å². The Morgan fingerprint density at radius 1 is 1.17 bits per heavy atom. The van der Waals surface area contributed by atoms with Crippen LogP contribution in [0.25, 0.3) is 0 Å². The van der Waals surface area contributed by atoms with Gasteiger partial charge in [-0.2, -0.15) is 0 Å². The number of aromatic nitrogens is 1. The molecular formula is C15H16BrNO. The van der Waals surface area contributed by atoms with E-state index >= 15 is 0 Å². The summed E-state index contributed by atoms with van der Waals surface area (Å²) in [5.74, 6) is 0. The second kappa shape index (κ2) is 6.66. The van der Waals surface area contributed by atoms with Gasteiger partial charge in [0.2, 0.25) is 0 Å². The smallest absolute Gasteiger partial charge is 0.0816 e. The topological polar surface area (TPSA) is 33.1 Å². The second-order valence-corrected chi connectivity index (χ2v) is 5.15. The molecule has 2 aromatic rings. The number of aryl methyl sites for hydroxylation is 1. The van der Waals surface area contributed by atoms with E-state index in [9.17, 15) is 5.11 Å². The number of aliphatic hydroxyl groups is 1. The summed E-state index contributed by atoms with van der Waals surface area (Å²) < 4.78 is 0.921. The molecule has 0 aliphatic carbocycles. The van der Waals surface area contributed by atoms with Crippen molar-refractivity contribution in [1.29, 1.82) is 0 Å². The summed E-state index contributed by atoms with van der Waals surface area (Å²) in [5, 5.41) is 10.1. The van der Waals surface area contributed by atoms with Crippen LogP contribution in [0, 0.1) is 0 Å². The van der Waals surface area contributed by atoms with Crippen LogP contribution in [0.15, 0.2) is 53.3 Å². The fourth-order valence-corrected chi connectivity index (χ4v) is 2.42. The summed E-state index contributed by atoms with van der Waals surface area (Å²) in [6.07, 6.45) is 5.69. The molecule has 0 fully saturated rings. The van der Waals surface area contributed by atoms with Crippen molar-refractivity contribution in [3.63, 3.8) is 0 Å². The van der Waals surface area contributed by atoms with Crippen LogP contribution in [-0.4, -0.2) is 10.1 Å². The van der Waals surface area contributed by atoms with E-state index in [1.165, 1.54) is 5.56 Å². The van der Waals surface area contributed by atoms with E-state index in [1.54, 1.807) is 12.4 Å². The zero-order valence-corrected chi connectivity index (χ0v) is 11.7. The summed E-state index contributed by atoms with van der Waals surface area (Å²) in [5.41, 5.74) is 2.18. The molecule has 0 aliphatic rings. The minimum atomic E-state index is -0.447. The number of rotatable bonds is 5. The zero-order chi connectivity index (χ0) is 12.8. The van der Waals surface area contributed by atoms with E-state index in [1.807, 2.05) is 24.3 Å². The molecule has 1 aromatic heterocycles. The van der Waals surface area contributed by atoms with Gasteiger partial charge in [0.05, 0.1) is 6.10 Å². The number of hydrogen-bond donors (Lipinski definition) is 1. The molecular weight excluding hydrogens is 290 g/mol. The van der Waals surface area contributed by atoms with E-state index in [4.69, 9.17) is 0 Å². The predicted octanol–water partition coefficient (Wildman–Crippen LogP) is 3.90. The van der Waals surface area contributed by atoms with Gasteiger partial charge in [0.15, 0.2) is 0 Å². The third kappa shape index (κ3) is 3.65. The highest BCUT2D eigenvalue weighted by atomic mass is 79.9. The molecule has 0 amide bonds. The summed E-state index contributed by atoms with van der Waals surface area (Å²) in [4.78, 5) is 4.04. The first-order valence-electron chi connectivity index (χ1n) is 6.09. The molecule has 94 valence electrons. The molecule has 1 heterocycles. The third-order valence-corrected chi connectivity index (χ3v) is 3.66. The number of hydrogen-bond acceptors (Lipinski definition) is 2. The first-order valence-corrected chi connectivity index (χ1v) is 6.88. The standard InChI is InChI=1S/C15H16BrNO/c16-14-9-10-17-11-13(14)15(18)8-4-7-12-5-2-1-3-6-12/h1-3,5-6,9-11,15,18H,4,7-8H2. The molecule has 1 unspecified atom stereocenters. The van der Waals surface area contributed by atoms with Crippen LogP contribution in [0.5, 0.6) is 0 Å². The summed E-state index contributed by atoms with van der Waals surface area (Å²) in [6, 6.07) is 12.2. The maximum atomic E-state index is 10.1. The lowest BCUT2D eigenvalue weighted by Gasteiger charge is -2.12. The Morgan fingerprint density at radius 3 is 2.67 bits per heavy atom. The van der Waals surface area contributed by atoms with Crippen LogP contribution < -0.4 is 0 Å². The molecule has 0 bridgehead atoms. The Balaban J connectivity index is 1.86. The highest BCUT2D eigenvalue weighted by Gasteiger charge is 2.10. The lowest BCUT2D eigenvalue weighted by atomic mass is 10.0. The van der Waals surface area contributed by atoms with Crippen molar-refractivity contribution in [2.45, 2.75) is 25.4 Å². The van der Waals surface area contributed by atoms with Gasteiger partial charge in [-0.05, 0) is 30.9 Å². The normalized spacial score (nSPS) is 12.3. The molecule has 1 atom stereocenters. The lowest BCUT2D eigenvalue weighted by molar-refractivity contribution is 0.163. The van der Waals surface area contributed by atoms with Crippen molar-refractivity contribution in [3.05, 3.63) is 64.4 Å². The van der Waals surface area contributed by atoms with E-state index in [-0.39, 0.29) is 0 Å². The summed E-state index contributed by atoms with van der Waals surface area (Å²) in [7, 11) is 0. The van der Waals surface area contributed by atoms with Gasteiger partial charge >= 0.3 is 0 Å². The first kappa shape index (κ1) is 13.2. The molecule has 0 aliphatic heterocycles. The molecule has 2 rings (SSSR count). The van der Waals surface area contributed by atoms with Gasteiger partial charge in [-0.3, -0.25) is 4.98 Å². The maximum Gasteiger partial charge on any atom is 0.0816 e. The van der Waals surface area contributed by atoms with Crippen molar-refractivity contribution >= 4 is 15.9 Å². The van der Waals surface area contributed by atoms with Crippen LogP contribution in [0.3, 0.4) is 0 Å². The summed E-state index contributed by atoms with van der Waals surface area (Å²) in [6.45, 7) is 0. The minimum absolute atomic E-state index is 0.447. The van der Waals surface area contributed by atoms with Crippen molar-refractivity contribution < 1.29 is 5.11 Å². The van der Waals surface area contributed by atoms with E-state index in [0.717, 1.165) is 29.3 Å². The average molecular weight is 306 g/mol. The molecule has 0 saturated heterocycles. The number of nitrogens with zero attached hydrogens (tertiary/aromatic N) is 1. The molecule has 1 aromatic carbocycles. The predicted molar refractivity (Wildman–Crippen MR) is 76.3 cm³/mol. The molecule has 3 heteroatoms. The van der Waals surface area contributed by atoms with Gasteiger partial charge in [-0.25, -0.2) is 0 Å². The molecule has 1 N–H and O–H groups in total. The second-order valence-electron chi connectivity index (χ2n) is 4.29. The van der Waals surface area contributed by atoms with Crippen molar-refractivity contribution in [1.82, 2.24) is 4.98 Å². The molecule has 0 spiro atoms. The number of pyridine rings is 1. The molecule has 0 saturated carbocycles. The van der Waals surface area contributed by atoms with E-state index in [2.05, 4.69) is 33.0 Å². The molecule has 2 nitrogen and oxygen atoms in total. The van der Waals surface area contributed by atoms with Gasteiger partial charge in [0.1, 0.15) is 0 Å². The van der Waals surface area contributed by atoms with Gasteiger partial charge in [-0.15, -0.1) is 0 Å². The molecule has 0 radical (unpaired) electrons. The minimum Gasteiger partial charge on any atom is -0.388 e. The van der Waals surface area contributed by atoms with Gasteiger partial charge in [-0.1, -0.05) is 46.3 Å². The Hall–Kier alpha value is -1.19. The monoisotopic (exact) mass is 305 g/mol. The summed E-state index contributed by atoms with van der Waals surface area (Å²) >= 11 is 3.43. The lowest BCUT2D eigenvalue weighted by Crippen LogP contribution is -2.00. The van der Waals surface area contributed by atoms with Crippen LogP contribution in [0.2, 0.25) is 0 Å².